The Labute approximate surface area is 176 Å². The molecule has 152 valence electrons. The van der Waals surface area contributed by atoms with Crippen LogP contribution in [0, 0.1) is 13.8 Å². The van der Waals surface area contributed by atoms with Crippen LogP contribution in [0.15, 0.2) is 71.6 Å². The molecule has 4 rings (SSSR count). The summed E-state index contributed by atoms with van der Waals surface area (Å²) < 4.78 is 27.2. The van der Waals surface area contributed by atoms with E-state index in [0.717, 1.165) is 22.0 Å². The van der Waals surface area contributed by atoms with E-state index in [2.05, 4.69) is 20.2 Å². The first kappa shape index (κ1) is 20.0. The average molecular weight is 419 g/mol. The molecule has 7 heteroatoms. The monoisotopic (exact) mass is 418 g/mol. The Morgan fingerprint density at radius 3 is 2.33 bits per heavy atom. The summed E-state index contributed by atoms with van der Waals surface area (Å²) >= 11 is 0. The molecule has 1 heterocycles. The van der Waals surface area contributed by atoms with E-state index in [0.29, 0.717) is 22.6 Å². The van der Waals surface area contributed by atoms with Crippen LogP contribution >= 0.6 is 0 Å². The van der Waals surface area contributed by atoms with E-state index < -0.39 is 10.0 Å². The van der Waals surface area contributed by atoms with Crippen LogP contribution in [0.3, 0.4) is 0 Å². The van der Waals surface area contributed by atoms with E-state index >= 15 is 0 Å². The summed E-state index contributed by atoms with van der Waals surface area (Å²) in [6.07, 6.45) is 0. The van der Waals surface area contributed by atoms with Gasteiger partial charge in [0, 0.05) is 22.0 Å². The standard InChI is InChI=1S/C23H22N4O2S/c1-15-7-6-8-18(13-15)25-23-20-10-5-4-9-19(20)22(26-27-23)17-12-11-16(2)21(14-17)30(28,29)24-3/h4-14,24H,1-3H3,(H,25,27). The number of nitrogens with one attached hydrogen (secondary N) is 2. The summed E-state index contributed by atoms with van der Waals surface area (Å²) in [7, 11) is -2.17. The highest BCUT2D eigenvalue weighted by atomic mass is 32.2. The summed E-state index contributed by atoms with van der Waals surface area (Å²) in [6.45, 7) is 3.80. The number of aryl methyl sites for hydroxylation is 2. The van der Waals surface area contributed by atoms with Gasteiger partial charge in [0.15, 0.2) is 5.82 Å². The van der Waals surface area contributed by atoms with Gasteiger partial charge in [-0.3, -0.25) is 0 Å². The van der Waals surface area contributed by atoms with Crippen LogP contribution in [0.5, 0.6) is 0 Å². The Hall–Kier alpha value is -3.29. The molecule has 6 nitrogen and oxygen atoms in total. The predicted molar refractivity (Wildman–Crippen MR) is 120 cm³/mol. The molecule has 0 aliphatic rings. The summed E-state index contributed by atoms with van der Waals surface area (Å²) in [5.74, 6) is 0.648. The average Bonchev–Trinajstić information content (AvgIpc) is 2.74. The zero-order valence-electron chi connectivity index (χ0n) is 17.0. The van der Waals surface area contributed by atoms with Gasteiger partial charge in [-0.05, 0) is 50.2 Å². The molecule has 0 aliphatic heterocycles. The topological polar surface area (TPSA) is 84.0 Å². The van der Waals surface area contributed by atoms with Gasteiger partial charge in [-0.15, -0.1) is 10.2 Å². The highest BCUT2D eigenvalue weighted by Gasteiger charge is 2.18. The normalized spacial score (nSPS) is 11.6. The molecule has 0 saturated heterocycles. The van der Waals surface area contributed by atoms with Crippen molar-refractivity contribution in [3.63, 3.8) is 0 Å². The first-order chi connectivity index (χ1) is 14.4. The number of benzene rings is 3. The molecule has 30 heavy (non-hydrogen) atoms. The molecule has 0 saturated carbocycles. The maximum absolute atomic E-state index is 12.4. The zero-order valence-corrected chi connectivity index (χ0v) is 17.8. The van der Waals surface area contributed by atoms with Gasteiger partial charge in [0.25, 0.3) is 0 Å². The third kappa shape index (κ3) is 3.77. The Kier molecular flexibility index (Phi) is 5.24. The summed E-state index contributed by atoms with van der Waals surface area (Å²) in [5.41, 5.74) is 4.07. The molecule has 0 bridgehead atoms. The second-order valence-electron chi connectivity index (χ2n) is 7.13. The fourth-order valence-corrected chi connectivity index (χ4v) is 4.41. The first-order valence-electron chi connectivity index (χ1n) is 9.53. The third-order valence-corrected chi connectivity index (χ3v) is 6.54. The molecular weight excluding hydrogens is 396 g/mol. The van der Waals surface area contributed by atoms with E-state index in [1.165, 1.54) is 7.05 Å². The molecular formula is C23H22N4O2S. The molecule has 3 aromatic carbocycles. The SMILES string of the molecule is CNS(=O)(=O)c1cc(-c2nnc(Nc3cccc(C)c3)c3ccccc23)ccc1C. The molecule has 0 amide bonds. The lowest BCUT2D eigenvalue weighted by atomic mass is 10.0. The first-order valence-corrected chi connectivity index (χ1v) is 11.0. The van der Waals surface area contributed by atoms with Crippen LogP contribution in [0.1, 0.15) is 11.1 Å². The van der Waals surface area contributed by atoms with Crippen molar-refractivity contribution in [2.45, 2.75) is 18.7 Å². The lowest BCUT2D eigenvalue weighted by Gasteiger charge is -2.13. The number of hydrogen-bond acceptors (Lipinski definition) is 5. The zero-order chi connectivity index (χ0) is 21.3. The van der Waals surface area contributed by atoms with Crippen LogP contribution < -0.4 is 10.0 Å². The van der Waals surface area contributed by atoms with Crippen molar-refractivity contribution in [3.8, 4) is 11.3 Å². The highest BCUT2D eigenvalue weighted by Crippen LogP contribution is 2.32. The number of aromatic nitrogens is 2. The molecule has 1 aromatic heterocycles. The van der Waals surface area contributed by atoms with Gasteiger partial charge in [0.1, 0.15) is 5.69 Å². The van der Waals surface area contributed by atoms with E-state index in [-0.39, 0.29) is 4.90 Å². The van der Waals surface area contributed by atoms with Crippen molar-refractivity contribution in [1.29, 1.82) is 0 Å². The molecule has 0 fully saturated rings. The van der Waals surface area contributed by atoms with Crippen LogP contribution in [0.2, 0.25) is 0 Å². The minimum Gasteiger partial charge on any atom is -0.338 e. The maximum atomic E-state index is 12.4. The van der Waals surface area contributed by atoms with E-state index in [1.54, 1.807) is 19.1 Å². The molecule has 0 unspecified atom stereocenters. The fourth-order valence-electron chi connectivity index (χ4n) is 3.42. The van der Waals surface area contributed by atoms with Gasteiger partial charge in [-0.2, -0.15) is 0 Å². The molecule has 4 aromatic rings. The van der Waals surface area contributed by atoms with Gasteiger partial charge in [0.05, 0.1) is 4.90 Å². The number of nitrogens with zero attached hydrogens (tertiary/aromatic N) is 2. The van der Waals surface area contributed by atoms with Crippen molar-refractivity contribution < 1.29 is 8.42 Å². The summed E-state index contributed by atoms with van der Waals surface area (Å²) in [4.78, 5) is 0.232. The van der Waals surface area contributed by atoms with Crippen LogP contribution in [0.25, 0.3) is 22.0 Å². The second kappa shape index (κ2) is 7.85. The largest absolute Gasteiger partial charge is 0.338 e. The quantitative estimate of drug-likeness (QED) is 0.496. The van der Waals surface area contributed by atoms with Gasteiger partial charge in [-0.1, -0.05) is 48.5 Å². The van der Waals surface area contributed by atoms with Gasteiger partial charge >= 0.3 is 0 Å². The number of hydrogen-bond donors (Lipinski definition) is 2. The molecule has 0 aliphatic carbocycles. The molecule has 0 atom stereocenters. The van der Waals surface area contributed by atoms with Crippen LogP contribution in [-0.2, 0) is 10.0 Å². The Morgan fingerprint density at radius 2 is 1.60 bits per heavy atom. The lowest BCUT2D eigenvalue weighted by molar-refractivity contribution is 0.587. The van der Waals surface area contributed by atoms with Crippen molar-refractivity contribution in [1.82, 2.24) is 14.9 Å². The fraction of sp³-hybridized carbons (Fsp3) is 0.130. The highest BCUT2D eigenvalue weighted by molar-refractivity contribution is 7.89. The van der Waals surface area contributed by atoms with Gasteiger partial charge in [-0.25, -0.2) is 13.1 Å². The summed E-state index contributed by atoms with van der Waals surface area (Å²) in [5, 5.41) is 14.0. The second-order valence-corrected chi connectivity index (χ2v) is 8.98. The van der Waals surface area contributed by atoms with Crippen molar-refractivity contribution in [2.24, 2.45) is 0 Å². The van der Waals surface area contributed by atoms with Crippen LogP contribution in [0.4, 0.5) is 11.5 Å². The smallest absolute Gasteiger partial charge is 0.240 e. The molecule has 0 radical (unpaired) electrons. The molecule has 0 spiro atoms. The van der Waals surface area contributed by atoms with Gasteiger partial charge in [0.2, 0.25) is 10.0 Å². The van der Waals surface area contributed by atoms with E-state index in [1.807, 2.05) is 61.5 Å². The minimum absolute atomic E-state index is 0.232. The number of fused-ring (bicyclic) bond motifs is 1. The van der Waals surface area contributed by atoms with Crippen LogP contribution in [-0.4, -0.2) is 25.7 Å². The van der Waals surface area contributed by atoms with Gasteiger partial charge < -0.3 is 5.32 Å². The third-order valence-electron chi connectivity index (χ3n) is 4.99. The lowest BCUT2D eigenvalue weighted by Crippen LogP contribution is -2.19. The maximum Gasteiger partial charge on any atom is 0.240 e. The Bertz CT molecular complexity index is 1350. The predicted octanol–water partition coefficient (Wildman–Crippen LogP) is 4.57. The van der Waals surface area contributed by atoms with Crippen molar-refractivity contribution >= 4 is 32.3 Å². The van der Waals surface area contributed by atoms with Crippen molar-refractivity contribution in [3.05, 3.63) is 77.9 Å². The van der Waals surface area contributed by atoms with E-state index in [9.17, 15) is 8.42 Å². The minimum atomic E-state index is -3.58. The Morgan fingerprint density at radius 1 is 0.833 bits per heavy atom. The number of rotatable bonds is 5. The molecule has 2 N–H and O–H groups in total. The number of sulfonamides is 1. The van der Waals surface area contributed by atoms with E-state index in [4.69, 9.17) is 0 Å². The van der Waals surface area contributed by atoms with Crippen molar-refractivity contribution in [2.75, 3.05) is 12.4 Å². The summed E-state index contributed by atoms with van der Waals surface area (Å²) in [6, 6.07) is 21.2. The number of anilines is 2. The Balaban J connectivity index is 1.85.